The molecule has 0 aromatic heterocycles. The first-order valence-electron chi connectivity index (χ1n) is 5.84. The van der Waals surface area contributed by atoms with Crippen LogP contribution in [0.1, 0.15) is 10.3 Å². The normalized spacial score (nSPS) is 12.5. The standard InChI is InChI=1S/C15H14AsO3/c1-19-13-10-6-5-9-12(13)16-14(15(17)18)11-7-3-2-4-8-11/h2-10,14H,1H3,(H,17,18). The van der Waals surface area contributed by atoms with Gasteiger partial charge >= 0.3 is 118 Å². The number of carboxylic acid groups (broad SMARTS) is 1. The molecule has 2 aromatic carbocycles. The van der Waals surface area contributed by atoms with Crippen LogP contribution in [0.5, 0.6) is 5.75 Å². The van der Waals surface area contributed by atoms with E-state index in [0.717, 1.165) is 15.7 Å². The van der Waals surface area contributed by atoms with Crippen LogP contribution in [0.15, 0.2) is 54.6 Å². The van der Waals surface area contributed by atoms with E-state index in [1.807, 2.05) is 54.6 Å². The Balaban J connectivity index is 2.30. The third-order valence-corrected chi connectivity index (χ3v) is 5.69. The monoisotopic (exact) mass is 317 g/mol. The van der Waals surface area contributed by atoms with Crippen molar-refractivity contribution >= 4 is 26.1 Å². The van der Waals surface area contributed by atoms with Gasteiger partial charge in [-0.3, -0.25) is 0 Å². The zero-order valence-electron chi connectivity index (χ0n) is 10.5. The van der Waals surface area contributed by atoms with Crippen LogP contribution < -0.4 is 9.09 Å². The van der Waals surface area contributed by atoms with Gasteiger partial charge in [-0.15, -0.1) is 0 Å². The molecule has 0 aliphatic carbocycles. The van der Waals surface area contributed by atoms with Gasteiger partial charge in [-0.1, -0.05) is 0 Å². The first kappa shape index (κ1) is 13.7. The molecule has 0 fully saturated rings. The van der Waals surface area contributed by atoms with Crippen LogP contribution in [0.25, 0.3) is 0 Å². The Morgan fingerprint density at radius 2 is 1.74 bits per heavy atom. The Morgan fingerprint density at radius 3 is 2.37 bits per heavy atom. The van der Waals surface area contributed by atoms with Crippen molar-refractivity contribution in [1.29, 1.82) is 0 Å². The molecule has 0 spiro atoms. The number of carboxylic acids is 1. The summed E-state index contributed by atoms with van der Waals surface area (Å²) in [6.07, 6.45) is 0. The van der Waals surface area contributed by atoms with Crippen molar-refractivity contribution in [2.45, 2.75) is 4.71 Å². The maximum absolute atomic E-state index is 11.5. The SMILES string of the molecule is COc1ccccc1[As]C(C(=O)O)c1ccccc1. The van der Waals surface area contributed by atoms with E-state index < -0.39 is 26.4 Å². The number of hydrogen-bond acceptors (Lipinski definition) is 2. The van der Waals surface area contributed by atoms with E-state index in [0.29, 0.717) is 0 Å². The quantitative estimate of drug-likeness (QED) is 0.856. The van der Waals surface area contributed by atoms with Crippen molar-refractivity contribution in [2.24, 2.45) is 0 Å². The molecule has 0 aliphatic rings. The predicted octanol–water partition coefficient (Wildman–Crippen LogP) is 1.85. The molecular weight excluding hydrogens is 303 g/mol. The number of carbonyl (C=O) groups is 1. The molecule has 0 saturated carbocycles. The number of benzene rings is 2. The minimum atomic E-state index is -0.780. The first-order valence-corrected chi connectivity index (χ1v) is 7.86. The van der Waals surface area contributed by atoms with Gasteiger partial charge in [0, 0.05) is 0 Å². The zero-order valence-corrected chi connectivity index (χ0v) is 12.4. The summed E-state index contributed by atoms with van der Waals surface area (Å²) in [4.78, 5) is 11.5. The van der Waals surface area contributed by atoms with Crippen molar-refractivity contribution in [1.82, 2.24) is 0 Å². The van der Waals surface area contributed by atoms with Gasteiger partial charge in [-0.05, 0) is 0 Å². The average Bonchev–Trinajstić information content (AvgIpc) is 2.45. The van der Waals surface area contributed by atoms with Gasteiger partial charge in [-0.2, -0.15) is 0 Å². The Labute approximate surface area is 118 Å². The molecule has 2 aromatic rings. The van der Waals surface area contributed by atoms with Gasteiger partial charge in [0.2, 0.25) is 0 Å². The minimum absolute atomic E-state index is 0.464. The number of methoxy groups -OCH3 is 1. The Morgan fingerprint density at radius 1 is 1.11 bits per heavy atom. The summed E-state index contributed by atoms with van der Waals surface area (Å²) in [6, 6.07) is 17.0. The molecule has 1 radical (unpaired) electrons. The second-order valence-electron chi connectivity index (χ2n) is 3.95. The number of ether oxygens (including phenoxy) is 1. The van der Waals surface area contributed by atoms with E-state index in [-0.39, 0.29) is 0 Å². The molecule has 0 aliphatic heterocycles. The van der Waals surface area contributed by atoms with E-state index in [1.165, 1.54) is 0 Å². The van der Waals surface area contributed by atoms with E-state index >= 15 is 0 Å². The predicted molar refractivity (Wildman–Crippen MR) is 75.2 cm³/mol. The van der Waals surface area contributed by atoms with Gasteiger partial charge in [-0.25, -0.2) is 0 Å². The molecule has 1 N–H and O–H groups in total. The summed E-state index contributed by atoms with van der Waals surface area (Å²) in [5.74, 6) is -0.0122. The molecule has 2 rings (SSSR count). The number of hydrogen-bond donors (Lipinski definition) is 1. The molecule has 19 heavy (non-hydrogen) atoms. The topological polar surface area (TPSA) is 46.5 Å². The van der Waals surface area contributed by atoms with Crippen LogP contribution in [-0.2, 0) is 4.79 Å². The second-order valence-corrected chi connectivity index (χ2v) is 6.59. The molecule has 4 heteroatoms. The van der Waals surface area contributed by atoms with Crippen molar-refractivity contribution in [3.05, 3.63) is 60.2 Å². The molecule has 1 atom stereocenters. The van der Waals surface area contributed by atoms with E-state index in [2.05, 4.69) is 0 Å². The maximum atomic E-state index is 11.5. The Hall–Kier alpha value is -1.73. The molecule has 0 heterocycles. The van der Waals surface area contributed by atoms with Gasteiger partial charge < -0.3 is 0 Å². The summed E-state index contributed by atoms with van der Waals surface area (Å²) in [6.45, 7) is 0. The van der Waals surface area contributed by atoms with E-state index in [4.69, 9.17) is 4.74 Å². The van der Waals surface area contributed by atoms with Gasteiger partial charge in [0.1, 0.15) is 0 Å². The summed E-state index contributed by atoms with van der Waals surface area (Å²) in [5, 5.41) is 9.43. The Kier molecular flexibility index (Phi) is 4.64. The van der Waals surface area contributed by atoms with Crippen molar-refractivity contribution < 1.29 is 14.6 Å². The van der Waals surface area contributed by atoms with Crippen LogP contribution in [0, 0.1) is 0 Å². The average molecular weight is 317 g/mol. The molecular formula is C15H14AsO3. The van der Waals surface area contributed by atoms with Gasteiger partial charge in [0.15, 0.2) is 0 Å². The van der Waals surface area contributed by atoms with Crippen LogP contribution >= 0.6 is 0 Å². The molecule has 0 bridgehead atoms. The first-order chi connectivity index (χ1) is 9.22. The van der Waals surface area contributed by atoms with Crippen LogP contribution in [0.2, 0.25) is 0 Å². The summed E-state index contributed by atoms with van der Waals surface area (Å²) in [7, 11) is 1.61. The fraction of sp³-hybridized carbons (Fsp3) is 0.133. The van der Waals surface area contributed by atoms with E-state index in [9.17, 15) is 9.90 Å². The van der Waals surface area contributed by atoms with E-state index in [1.54, 1.807) is 7.11 Å². The van der Waals surface area contributed by atoms with Crippen LogP contribution in [0.3, 0.4) is 0 Å². The third kappa shape index (κ3) is 3.39. The Bertz CT molecular complexity index is 554. The summed E-state index contributed by atoms with van der Waals surface area (Å²) < 4.78 is 5.83. The fourth-order valence-electron chi connectivity index (χ4n) is 1.78. The molecule has 97 valence electrons. The van der Waals surface area contributed by atoms with Crippen molar-refractivity contribution in [3.63, 3.8) is 0 Å². The summed E-state index contributed by atoms with van der Waals surface area (Å²) >= 11 is -0.544. The second kappa shape index (κ2) is 6.44. The van der Waals surface area contributed by atoms with Crippen LogP contribution in [-0.4, -0.2) is 33.9 Å². The molecule has 1 unspecified atom stereocenters. The molecule has 3 nitrogen and oxygen atoms in total. The van der Waals surface area contributed by atoms with Crippen molar-refractivity contribution in [3.8, 4) is 5.75 Å². The summed E-state index contributed by atoms with van der Waals surface area (Å²) in [5.41, 5.74) is 0.848. The van der Waals surface area contributed by atoms with Crippen molar-refractivity contribution in [2.75, 3.05) is 7.11 Å². The van der Waals surface area contributed by atoms with Gasteiger partial charge in [0.25, 0.3) is 0 Å². The zero-order chi connectivity index (χ0) is 13.7. The number of para-hydroxylation sites is 1. The molecule has 0 amide bonds. The fourth-order valence-corrected chi connectivity index (χ4v) is 4.25. The van der Waals surface area contributed by atoms with Gasteiger partial charge in [0.05, 0.1) is 0 Å². The number of aliphatic carboxylic acids is 1. The van der Waals surface area contributed by atoms with Crippen LogP contribution in [0.4, 0.5) is 0 Å². The third-order valence-electron chi connectivity index (χ3n) is 2.70. The number of rotatable bonds is 5. The molecule has 0 saturated heterocycles.